The Balaban J connectivity index is 1.59. The van der Waals surface area contributed by atoms with E-state index in [0.717, 1.165) is 12.8 Å². The summed E-state index contributed by atoms with van der Waals surface area (Å²) in [5, 5.41) is 9.73. The largest absolute Gasteiger partial charge is 0.497 e. The number of carbonyl (C=O) groups excluding carboxylic acids is 2. The first-order chi connectivity index (χ1) is 17.6. The number of benzene rings is 2. The molecule has 2 saturated heterocycles. The second-order valence-electron chi connectivity index (χ2n) is 10.9. The van der Waals surface area contributed by atoms with Gasteiger partial charge in [0.05, 0.1) is 38.0 Å². The van der Waals surface area contributed by atoms with Crippen LogP contribution in [-0.4, -0.2) is 62.6 Å². The summed E-state index contributed by atoms with van der Waals surface area (Å²) in [5.41, 5.74) is -0.00572. The van der Waals surface area contributed by atoms with Gasteiger partial charge in [0.15, 0.2) is 5.60 Å². The minimum absolute atomic E-state index is 0.0223. The van der Waals surface area contributed by atoms with Crippen LogP contribution in [-0.2, 0) is 19.9 Å². The number of fused-ring (bicyclic) bond motifs is 2. The van der Waals surface area contributed by atoms with E-state index in [1.54, 1.807) is 36.1 Å². The lowest BCUT2D eigenvalue weighted by atomic mass is 9.82. The third kappa shape index (κ3) is 4.08. The van der Waals surface area contributed by atoms with Crippen molar-refractivity contribution in [3.05, 3.63) is 54.1 Å². The van der Waals surface area contributed by atoms with Crippen molar-refractivity contribution in [1.29, 1.82) is 0 Å². The number of methoxy groups -OCH3 is 1. The van der Waals surface area contributed by atoms with Gasteiger partial charge in [-0.3, -0.25) is 14.5 Å². The molecule has 0 aliphatic carbocycles. The number of hydrogen-bond acceptors (Lipinski definition) is 5. The molecular formula is C28H35FN2O5Si. The molecule has 2 aromatic rings. The van der Waals surface area contributed by atoms with Crippen LogP contribution in [0.3, 0.4) is 0 Å². The zero-order valence-corrected chi connectivity index (χ0v) is 22.8. The van der Waals surface area contributed by atoms with E-state index < -0.39 is 31.6 Å². The average Bonchev–Trinajstić information content (AvgIpc) is 3.53. The molecule has 2 aromatic carbocycles. The second-order valence-corrected chi connectivity index (χ2v) is 14.7. The lowest BCUT2D eigenvalue weighted by Crippen LogP contribution is -2.44. The van der Waals surface area contributed by atoms with Gasteiger partial charge in [-0.2, -0.15) is 0 Å². The Labute approximate surface area is 218 Å². The monoisotopic (exact) mass is 526 g/mol. The highest BCUT2D eigenvalue weighted by molar-refractivity contribution is 6.72. The van der Waals surface area contributed by atoms with E-state index in [2.05, 4.69) is 0 Å². The van der Waals surface area contributed by atoms with Crippen molar-refractivity contribution in [1.82, 2.24) is 4.90 Å². The number of aliphatic hydroxyl groups is 1. The van der Waals surface area contributed by atoms with E-state index in [-0.39, 0.29) is 30.9 Å². The fourth-order valence-electron chi connectivity index (χ4n) is 6.76. The second kappa shape index (κ2) is 9.52. The molecule has 0 bridgehead atoms. The molecule has 1 spiro atoms. The van der Waals surface area contributed by atoms with Crippen LogP contribution < -0.4 is 9.64 Å². The number of para-hydroxylation sites is 1. The highest BCUT2D eigenvalue weighted by Gasteiger charge is 2.67. The van der Waals surface area contributed by atoms with Crippen molar-refractivity contribution in [2.24, 2.45) is 5.92 Å². The van der Waals surface area contributed by atoms with Crippen LogP contribution >= 0.6 is 0 Å². The zero-order chi connectivity index (χ0) is 26.5. The number of halogens is 1. The van der Waals surface area contributed by atoms with Crippen molar-refractivity contribution >= 4 is 31.6 Å². The predicted octanol–water partition coefficient (Wildman–Crippen LogP) is 4.52. The number of anilines is 2. The molecule has 1 N–H and O–H groups in total. The van der Waals surface area contributed by atoms with Crippen molar-refractivity contribution in [2.75, 3.05) is 25.2 Å². The number of amides is 2. The third-order valence-electron chi connectivity index (χ3n) is 8.37. The molecular weight excluding hydrogens is 491 g/mol. The maximum Gasteiger partial charge on any atom is 0.268 e. The predicted molar refractivity (Wildman–Crippen MR) is 141 cm³/mol. The van der Waals surface area contributed by atoms with Crippen LogP contribution in [0, 0.1) is 5.92 Å². The Bertz CT molecular complexity index is 1190. The smallest absolute Gasteiger partial charge is 0.268 e. The topological polar surface area (TPSA) is 79.3 Å². The molecule has 9 heteroatoms. The van der Waals surface area contributed by atoms with Crippen LogP contribution in [0.15, 0.2) is 48.5 Å². The minimum Gasteiger partial charge on any atom is -0.497 e. The molecule has 3 aliphatic heterocycles. The van der Waals surface area contributed by atoms with Gasteiger partial charge in [0.25, 0.3) is 5.91 Å². The van der Waals surface area contributed by atoms with Crippen LogP contribution in [0.2, 0.25) is 18.6 Å². The van der Waals surface area contributed by atoms with E-state index in [4.69, 9.17) is 9.47 Å². The van der Waals surface area contributed by atoms with Crippen LogP contribution in [0.5, 0.6) is 5.75 Å². The zero-order valence-electron chi connectivity index (χ0n) is 21.8. The number of hydrogen-bond donors (Lipinski definition) is 1. The summed E-state index contributed by atoms with van der Waals surface area (Å²) in [5.74, 6) is -0.365. The number of carbonyl (C=O) groups is 2. The highest BCUT2D eigenvalue weighted by atomic mass is 28.4. The van der Waals surface area contributed by atoms with Gasteiger partial charge in [-0.1, -0.05) is 25.1 Å². The van der Waals surface area contributed by atoms with Gasteiger partial charge >= 0.3 is 0 Å². The van der Waals surface area contributed by atoms with Crippen LogP contribution in [0.25, 0.3) is 0 Å². The fraction of sp³-hybridized carbons (Fsp3) is 0.500. The minimum atomic E-state index is -3.40. The number of ether oxygens (including phenoxy) is 2. The molecule has 37 heavy (non-hydrogen) atoms. The normalized spacial score (nSPS) is 29.3. The van der Waals surface area contributed by atoms with E-state index in [0.29, 0.717) is 29.2 Å². The lowest BCUT2D eigenvalue weighted by molar-refractivity contribution is -0.149. The third-order valence-corrected chi connectivity index (χ3v) is 10.8. The fourth-order valence-corrected chi connectivity index (χ4v) is 9.25. The Morgan fingerprint density at radius 2 is 1.97 bits per heavy atom. The van der Waals surface area contributed by atoms with E-state index in [1.165, 1.54) is 0 Å². The standard InChI is InChI=1S/C28H35FN2O5Si/c1-18-26(37(3,4)29)24(16-25(33)30-14-8-11-20(30)17-32)36-28(18)22-15-21(35-2)12-13-23(22)31(27(28)34)19-9-6-5-7-10-19/h5-7,9-10,12-13,15,18,20,24,26,32H,8,11,14,16-17H2,1-4H3/t18-,20-,24+,26-,28+/m0/s1. The van der Waals surface area contributed by atoms with E-state index >= 15 is 4.11 Å². The quantitative estimate of drug-likeness (QED) is 0.442. The summed E-state index contributed by atoms with van der Waals surface area (Å²) in [4.78, 5) is 31.1. The Hall–Kier alpha value is -2.75. The van der Waals surface area contributed by atoms with Crippen LogP contribution in [0.1, 0.15) is 31.7 Å². The first-order valence-corrected chi connectivity index (χ1v) is 15.9. The van der Waals surface area contributed by atoms with Gasteiger partial charge in [0.2, 0.25) is 14.3 Å². The van der Waals surface area contributed by atoms with E-state index in [9.17, 15) is 14.7 Å². The number of rotatable bonds is 6. The molecule has 0 radical (unpaired) electrons. The Morgan fingerprint density at radius 3 is 2.62 bits per heavy atom. The maximum atomic E-state index is 16.0. The molecule has 7 nitrogen and oxygen atoms in total. The summed E-state index contributed by atoms with van der Waals surface area (Å²) in [6.07, 6.45) is 0.796. The maximum absolute atomic E-state index is 16.0. The summed E-state index contributed by atoms with van der Waals surface area (Å²) in [6.45, 7) is 5.61. The van der Waals surface area contributed by atoms with Crippen LogP contribution in [0.4, 0.5) is 15.5 Å². The molecule has 198 valence electrons. The van der Waals surface area contributed by atoms with Gasteiger partial charge < -0.3 is 23.6 Å². The van der Waals surface area contributed by atoms with Crippen molar-refractivity contribution in [3.8, 4) is 5.75 Å². The van der Waals surface area contributed by atoms with Gasteiger partial charge in [0.1, 0.15) is 5.75 Å². The molecule has 0 aromatic heterocycles. The first kappa shape index (κ1) is 25.9. The molecule has 3 heterocycles. The molecule has 2 fully saturated rings. The molecule has 5 rings (SSSR count). The van der Waals surface area contributed by atoms with Gasteiger partial charge in [-0.25, -0.2) is 0 Å². The first-order valence-electron chi connectivity index (χ1n) is 13.0. The average molecular weight is 527 g/mol. The van der Waals surface area contributed by atoms with Crippen molar-refractivity contribution < 1.29 is 28.3 Å². The SMILES string of the molecule is COc1ccc2c(c1)[C@@]1(O[C@H](CC(=O)N3CCC[C@H]3CO)[C@@H]([Si](C)(C)F)[C@@H]1C)C(=O)N2c1ccccc1. The summed E-state index contributed by atoms with van der Waals surface area (Å²) >= 11 is 0. The van der Waals surface area contributed by atoms with Gasteiger partial charge in [-0.15, -0.1) is 0 Å². The molecule has 0 unspecified atom stereocenters. The number of aliphatic hydroxyl groups excluding tert-OH is 1. The van der Waals surface area contributed by atoms with E-state index in [1.807, 2.05) is 49.4 Å². The summed E-state index contributed by atoms with van der Waals surface area (Å²) in [6, 6.07) is 14.6. The van der Waals surface area contributed by atoms with Crippen molar-refractivity contribution in [2.45, 2.75) is 62.6 Å². The van der Waals surface area contributed by atoms with Crippen molar-refractivity contribution in [3.63, 3.8) is 0 Å². The van der Waals surface area contributed by atoms with Gasteiger partial charge in [-0.05, 0) is 56.3 Å². The molecule has 5 atom stereocenters. The molecule has 0 saturated carbocycles. The number of likely N-dealkylation sites (tertiary alicyclic amines) is 1. The highest BCUT2D eigenvalue weighted by Crippen LogP contribution is 2.61. The Morgan fingerprint density at radius 1 is 1.24 bits per heavy atom. The summed E-state index contributed by atoms with van der Waals surface area (Å²) < 4.78 is 28.2. The number of nitrogens with zero attached hydrogens (tertiary/aromatic N) is 2. The summed E-state index contributed by atoms with van der Waals surface area (Å²) in [7, 11) is -1.83. The van der Waals surface area contributed by atoms with Gasteiger partial charge in [0, 0.05) is 29.3 Å². The molecule has 2 amide bonds. The molecule has 3 aliphatic rings. The Kier molecular flexibility index (Phi) is 6.66. The lowest BCUT2D eigenvalue weighted by Gasteiger charge is -2.31.